The van der Waals surface area contributed by atoms with Crippen LogP contribution in [0.4, 0.5) is 0 Å². The van der Waals surface area contributed by atoms with E-state index in [1.54, 1.807) is 0 Å². The summed E-state index contributed by atoms with van der Waals surface area (Å²) in [4.78, 5) is 4.52. The van der Waals surface area contributed by atoms with E-state index in [9.17, 15) is 0 Å². The van der Waals surface area contributed by atoms with Crippen LogP contribution in [-0.4, -0.2) is 0 Å². The van der Waals surface area contributed by atoms with Crippen LogP contribution in [-0.2, 0) is 0 Å². The van der Waals surface area contributed by atoms with Crippen molar-refractivity contribution in [3.63, 3.8) is 0 Å². The van der Waals surface area contributed by atoms with Gasteiger partial charge in [0.2, 0.25) is 0 Å². The summed E-state index contributed by atoms with van der Waals surface area (Å²) in [6.07, 6.45) is 8.24. The number of hydrogen-bond acceptors (Lipinski definition) is 1. The second-order valence-corrected chi connectivity index (χ2v) is 3.15. The van der Waals surface area contributed by atoms with Crippen LogP contribution in [0.25, 0.3) is 5.57 Å². The monoisotopic (exact) mass is 168 g/mol. The highest BCUT2D eigenvalue weighted by Crippen LogP contribution is 2.23. The van der Waals surface area contributed by atoms with Crippen LogP contribution in [0.5, 0.6) is 0 Å². The molecular weight excluding hydrogens is 158 g/mol. The Kier molecular flexibility index (Phi) is 1.28. The lowest BCUT2D eigenvalue weighted by molar-refractivity contribution is 1.21. The van der Waals surface area contributed by atoms with Gasteiger partial charge in [0.05, 0.1) is 5.36 Å². The van der Waals surface area contributed by atoms with Crippen LogP contribution in [0.3, 0.4) is 0 Å². The van der Waals surface area contributed by atoms with Crippen molar-refractivity contribution < 1.29 is 1.43 Å². The summed E-state index contributed by atoms with van der Waals surface area (Å²) in [6.45, 7) is 0. The Labute approximate surface area is 77.9 Å². The van der Waals surface area contributed by atoms with Gasteiger partial charge in [-0.1, -0.05) is 36.4 Å². The van der Waals surface area contributed by atoms with Gasteiger partial charge in [0.25, 0.3) is 0 Å². The minimum Gasteiger partial charge on any atom is -0.266 e. The highest BCUT2D eigenvalue weighted by atomic mass is 14.8. The van der Waals surface area contributed by atoms with Gasteiger partial charge in [-0.15, -0.1) is 0 Å². The van der Waals surface area contributed by atoms with Crippen molar-refractivity contribution >= 4 is 5.57 Å². The molecule has 0 aromatic heterocycles. The Morgan fingerprint density at radius 3 is 2.85 bits per heavy atom. The van der Waals surface area contributed by atoms with Crippen molar-refractivity contribution in [3.8, 4) is 0 Å². The predicted octanol–water partition coefficient (Wildman–Crippen LogP) is 1.37. The summed E-state index contributed by atoms with van der Waals surface area (Å²) in [5.41, 5.74) is 1.25. The Morgan fingerprint density at radius 2 is 1.85 bits per heavy atom. The Balaban J connectivity index is 0.000000750. The molecule has 1 heterocycles. The van der Waals surface area contributed by atoms with Gasteiger partial charge in [-0.2, -0.15) is 0 Å². The average Bonchev–Trinajstić information content (AvgIpc) is 2.56. The van der Waals surface area contributed by atoms with E-state index in [0.29, 0.717) is 0 Å². The number of allylic oxidation sites excluding steroid dienone is 2. The Morgan fingerprint density at radius 1 is 1.00 bits per heavy atom. The second-order valence-electron chi connectivity index (χ2n) is 3.15. The van der Waals surface area contributed by atoms with Gasteiger partial charge in [-0.25, -0.2) is 0 Å². The molecule has 0 saturated carbocycles. The number of fused-ring (bicyclic) bond motifs is 2. The second kappa shape index (κ2) is 2.43. The van der Waals surface area contributed by atoms with Crippen molar-refractivity contribution in [3.05, 3.63) is 65.2 Å². The molecular formula is C12H10N. The maximum atomic E-state index is 4.52. The fourth-order valence-electron chi connectivity index (χ4n) is 1.73. The number of rotatable bonds is 0. The molecule has 1 aromatic rings. The zero-order valence-corrected chi connectivity index (χ0v) is 7.07. The van der Waals surface area contributed by atoms with Gasteiger partial charge < -0.3 is 0 Å². The van der Waals surface area contributed by atoms with Gasteiger partial charge in [0.1, 0.15) is 6.04 Å². The van der Waals surface area contributed by atoms with Crippen LogP contribution in [0.1, 0.15) is 1.43 Å². The SMILES string of the molecule is C1=C[C]2N=c3ccccc3=C2C=C1.[HH]. The summed E-state index contributed by atoms with van der Waals surface area (Å²) in [5, 5.41) is 2.34. The first-order chi connectivity index (χ1) is 6.45. The molecule has 2 aliphatic rings. The van der Waals surface area contributed by atoms with Gasteiger partial charge >= 0.3 is 0 Å². The van der Waals surface area contributed by atoms with Crippen molar-refractivity contribution in [1.82, 2.24) is 0 Å². The maximum Gasteiger partial charge on any atom is 0.138 e. The molecule has 1 nitrogen and oxygen atoms in total. The molecule has 0 atom stereocenters. The normalized spacial score (nSPS) is 18.3. The molecule has 3 rings (SSSR count). The molecule has 63 valence electrons. The van der Waals surface area contributed by atoms with Crippen molar-refractivity contribution in [2.75, 3.05) is 0 Å². The molecule has 1 radical (unpaired) electrons. The van der Waals surface area contributed by atoms with E-state index in [0.717, 1.165) is 11.4 Å². The molecule has 1 aliphatic carbocycles. The van der Waals surface area contributed by atoms with E-state index in [1.807, 2.05) is 12.1 Å². The molecule has 0 unspecified atom stereocenters. The summed E-state index contributed by atoms with van der Waals surface area (Å²) < 4.78 is 0. The Hall–Kier alpha value is -1.63. The lowest BCUT2D eigenvalue weighted by Gasteiger charge is -2.04. The Bertz CT molecular complexity index is 525. The summed E-state index contributed by atoms with van der Waals surface area (Å²) >= 11 is 0. The van der Waals surface area contributed by atoms with E-state index in [-0.39, 0.29) is 1.43 Å². The topological polar surface area (TPSA) is 12.4 Å². The number of nitrogens with zero attached hydrogens (tertiary/aromatic N) is 1. The molecule has 0 spiro atoms. The molecule has 0 fully saturated rings. The first-order valence-electron chi connectivity index (χ1n) is 4.35. The van der Waals surface area contributed by atoms with E-state index in [4.69, 9.17) is 0 Å². The highest BCUT2D eigenvalue weighted by Gasteiger charge is 2.16. The van der Waals surface area contributed by atoms with Gasteiger partial charge in [-0.05, 0) is 17.7 Å². The standard InChI is InChI=1S/C12H8N.H2/c1-3-7-11-9(5-1)10-6-2-4-8-12(10)13-11;/h1-8H;1H. The van der Waals surface area contributed by atoms with Gasteiger partial charge in [-0.3, -0.25) is 4.99 Å². The predicted molar refractivity (Wildman–Crippen MR) is 54.3 cm³/mol. The quantitative estimate of drug-likeness (QED) is 0.555. The minimum absolute atomic E-state index is 0. The van der Waals surface area contributed by atoms with Crippen molar-refractivity contribution in [2.45, 2.75) is 0 Å². The fraction of sp³-hybridized carbons (Fsp3) is 0. The summed E-state index contributed by atoms with van der Waals surface area (Å²) in [7, 11) is 0. The van der Waals surface area contributed by atoms with E-state index < -0.39 is 0 Å². The van der Waals surface area contributed by atoms with Crippen LogP contribution >= 0.6 is 0 Å². The third-order valence-corrected chi connectivity index (χ3v) is 2.34. The molecule has 1 aliphatic heterocycles. The number of hydrogen-bond donors (Lipinski definition) is 0. The lowest BCUT2D eigenvalue weighted by Crippen LogP contribution is -2.21. The first-order valence-corrected chi connectivity index (χ1v) is 4.35. The third-order valence-electron chi connectivity index (χ3n) is 2.34. The molecule has 0 saturated heterocycles. The average molecular weight is 168 g/mol. The number of benzene rings is 1. The van der Waals surface area contributed by atoms with Crippen molar-refractivity contribution in [1.29, 1.82) is 0 Å². The van der Waals surface area contributed by atoms with E-state index >= 15 is 0 Å². The fourth-order valence-corrected chi connectivity index (χ4v) is 1.73. The zero-order chi connectivity index (χ0) is 8.67. The molecule has 0 bridgehead atoms. The minimum atomic E-state index is 0. The third kappa shape index (κ3) is 0.903. The van der Waals surface area contributed by atoms with E-state index in [1.165, 1.54) is 10.8 Å². The largest absolute Gasteiger partial charge is 0.266 e. The van der Waals surface area contributed by atoms with Crippen LogP contribution in [0.15, 0.2) is 53.6 Å². The van der Waals surface area contributed by atoms with Gasteiger partial charge in [0, 0.05) is 6.65 Å². The molecule has 0 amide bonds. The highest BCUT2D eigenvalue weighted by molar-refractivity contribution is 5.75. The zero-order valence-electron chi connectivity index (χ0n) is 7.07. The summed E-state index contributed by atoms with van der Waals surface area (Å²) in [6, 6.07) is 9.33. The molecule has 13 heavy (non-hydrogen) atoms. The smallest absolute Gasteiger partial charge is 0.138 e. The lowest BCUT2D eigenvalue weighted by atomic mass is 10.0. The number of para-hydroxylation sites is 1. The maximum absolute atomic E-state index is 4.52. The molecule has 0 N–H and O–H groups in total. The summed E-state index contributed by atoms with van der Waals surface area (Å²) in [5.74, 6) is 0. The van der Waals surface area contributed by atoms with E-state index in [2.05, 4.69) is 41.4 Å². The molecule has 1 aromatic carbocycles. The van der Waals surface area contributed by atoms with Crippen LogP contribution in [0.2, 0.25) is 0 Å². The van der Waals surface area contributed by atoms with Crippen molar-refractivity contribution in [2.24, 2.45) is 4.99 Å². The van der Waals surface area contributed by atoms with Crippen LogP contribution in [0, 0.1) is 6.04 Å². The first kappa shape index (κ1) is 6.84. The van der Waals surface area contributed by atoms with Gasteiger partial charge in [0.15, 0.2) is 0 Å². The van der Waals surface area contributed by atoms with Crippen LogP contribution < -0.4 is 10.6 Å². The molecule has 1 heteroatoms.